The highest BCUT2D eigenvalue weighted by Gasteiger charge is 2.18. The number of aliphatic hydroxyl groups is 2. The first-order chi connectivity index (χ1) is 35.5. The number of hydrogen-bond donors (Lipinski definition) is 3. The second-order valence-electron chi connectivity index (χ2n) is 22.5. The van der Waals surface area contributed by atoms with Gasteiger partial charge in [0.2, 0.25) is 5.91 Å². The zero-order valence-corrected chi connectivity index (χ0v) is 48.7. The maximum absolute atomic E-state index is 12.5. The van der Waals surface area contributed by atoms with Crippen LogP contribution >= 0.6 is 0 Å². The maximum Gasteiger partial charge on any atom is 0.305 e. The van der Waals surface area contributed by atoms with Gasteiger partial charge in [0.25, 0.3) is 0 Å². The largest absolute Gasteiger partial charge is 0.466 e. The van der Waals surface area contributed by atoms with Gasteiger partial charge < -0.3 is 20.3 Å². The van der Waals surface area contributed by atoms with Crippen LogP contribution in [0.5, 0.6) is 0 Å². The van der Waals surface area contributed by atoms with Gasteiger partial charge in [-0.05, 0) is 57.8 Å². The Hall–Kier alpha value is -1.66. The Kier molecular flexibility index (Phi) is 60.5. The molecule has 426 valence electrons. The van der Waals surface area contributed by atoms with Gasteiger partial charge in [0.15, 0.2) is 0 Å². The number of rotatable bonds is 61. The fourth-order valence-electron chi connectivity index (χ4n) is 10.2. The normalized spacial score (nSPS) is 12.7. The van der Waals surface area contributed by atoms with Crippen LogP contribution in [0, 0.1) is 0 Å². The molecule has 0 aliphatic heterocycles. The molecule has 0 radical (unpaired) electrons. The smallest absolute Gasteiger partial charge is 0.305 e. The molecule has 0 aliphatic rings. The number of amides is 1. The Morgan fingerprint density at radius 1 is 0.375 bits per heavy atom. The van der Waals surface area contributed by atoms with Crippen LogP contribution in [-0.4, -0.2) is 47.4 Å². The summed E-state index contributed by atoms with van der Waals surface area (Å²) in [5.74, 6) is -0.0555. The van der Waals surface area contributed by atoms with Crippen LogP contribution in [-0.2, 0) is 14.3 Å². The number of hydrogen-bond acceptors (Lipinski definition) is 5. The summed E-state index contributed by atoms with van der Waals surface area (Å²) in [6, 6.07) is -0.626. The molecule has 6 nitrogen and oxygen atoms in total. The fourth-order valence-corrected chi connectivity index (χ4v) is 10.2. The zero-order chi connectivity index (χ0) is 52.2. The lowest BCUT2D eigenvalue weighted by Crippen LogP contribution is -2.45. The summed E-state index contributed by atoms with van der Waals surface area (Å²) in [5, 5.41) is 23.2. The molecule has 0 saturated carbocycles. The molecule has 0 aromatic heterocycles. The van der Waals surface area contributed by atoms with Crippen molar-refractivity contribution < 1.29 is 24.5 Å². The minimum atomic E-state index is -0.842. The van der Waals surface area contributed by atoms with Gasteiger partial charge in [-0.25, -0.2) is 0 Å². The number of esters is 1. The molecule has 3 N–H and O–H groups in total. The van der Waals surface area contributed by atoms with Crippen LogP contribution in [0.4, 0.5) is 0 Å². The third kappa shape index (κ3) is 57.6. The summed E-state index contributed by atoms with van der Waals surface area (Å²) in [4.78, 5) is 24.5. The lowest BCUT2D eigenvalue weighted by molar-refractivity contribution is -0.143. The van der Waals surface area contributed by atoms with E-state index < -0.39 is 12.1 Å². The van der Waals surface area contributed by atoms with Crippen LogP contribution in [0.1, 0.15) is 361 Å². The Morgan fingerprint density at radius 3 is 1.00 bits per heavy atom. The third-order valence-corrected chi connectivity index (χ3v) is 15.2. The van der Waals surface area contributed by atoms with Gasteiger partial charge in [-0.1, -0.05) is 314 Å². The van der Waals surface area contributed by atoms with Gasteiger partial charge in [0.1, 0.15) is 0 Å². The molecule has 0 heterocycles. The topological polar surface area (TPSA) is 95.9 Å². The van der Waals surface area contributed by atoms with E-state index in [1.54, 1.807) is 6.08 Å². The van der Waals surface area contributed by atoms with Crippen molar-refractivity contribution in [3.05, 3.63) is 24.3 Å². The maximum atomic E-state index is 12.5. The second-order valence-corrected chi connectivity index (χ2v) is 22.5. The van der Waals surface area contributed by atoms with Gasteiger partial charge >= 0.3 is 5.97 Å². The van der Waals surface area contributed by atoms with Gasteiger partial charge in [-0.2, -0.15) is 0 Å². The summed E-state index contributed by atoms with van der Waals surface area (Å²) in [7, 11) is 0. The van der Waals surface area contributed by atoms with E-state index in [1.807, 2.05) is 6.08 Å². The lowest BCUT2D eigenvalue weighted by Gasteiger charge is -2.20. The molecule has 2 atom stereocenters. The molecular weight excluding hydrogens is 887 g/mol. The average Bonchev–Trinajstić information content (AvgIpc) is 3.38. The van der Waals surface area contributed by atoms with Gasteiger partial charge in [-0.3, -0.25) is 9.59 Å². The summed E-state index contributed by atoms with van der Waals surface area (Å²) >= 11 is 0. The predicted molar refractivity (Wildman–Crippen MR) is 315 cm³/mol. The molecule has 0 aromatic rings. The number of nitrogens with one attached hydrogen (secondary N) is 1. The lowest BCUT2D eigenvalue weighted by atomic mass is 10.0. The van der Waals surface area contributed by atoms with Crippen molar-refractivity contribution in [2.45, 2.75) is 373 Å². The van der Waals surface area contributed by atoms with Crippen LogP contribution in [0.15, 0.2) is 24.3 Å². The van der Waals surface area contributed by atoms with Crippen molar-refractivity contribution in [3.63, 3.8) is 0 Å². The SMILES string of the molecule is CCCCCC/C=C\CCCCCCCC(=O)OCCCCCCCCCCCCCCCCCCCCCCCCCCCCC(=O)NC(CO)C(O)/C=C/CCCCCCCCCCCCCCCC. The predicted octanol–water partition coefficient (Wildman–Crippen LogP) is 20.6. The van der Waals surface area contributed by atoms with Gasteiger partial charge in [-0.15, -0.1) is 0 Å². The quantitative estimate of drug-likeness (QED) is 0.0320. The molecule has 0 spiro atoms. The highest BCUT2D eigenvalue weighted by molar-refractivity contribution is 5.76. The molecule has 0 aromatic carbocycles. The van der Waals surface area contributed by atoms with Crippen molar-refractivity contribution in [2.75, 3.05) is 13.2 Å². The number of aliphatic hydroxyl groups excluding tert-OH is 2. The standard InChI is InChI=1S/C66H127NO5/c1-3-5-7-9-11-13-15-17-18-31-35-38-42-46-50-54-58-64(69)63(62-68)67-65(70)59-55-51-47-43-39-36-32-29-27-25-23-21-19-20-22-24-26-28-30-33-37-41-45-49-53-57-61-72-66(71)60-56-52-48-44-40-34-16-14-12-10-8-6-4-2/h14,16,54,58,63-64,68-69H,3-13,15,17-53,55-57,59-62H2,1-2H3,(H,67,70)/b16-14-,58-54+. The Bertz CT molecular complexity index is 1120. The van der Waals surface area contributed by atoms with E-state index >= 15 is 0 Å². The number of unbranched alkanes of at least 4 members (excludes halogenated alkanes) is 48. The van der Waals surface area contributed by atoms with Crippen molar-refractivity contribution >= 4 is 11.9 Å². The number of carbonyl (C=O) groups excluding carboxylic acids is 2. The number of allylic oxidation sites excluding steroid dienone is 3. The van der Waals surface area contributed by atoms with Crippen LogP contribution in [0.25, 0.3) is 0 Å². The van der Waals surface area contributed by atoms with E-state index in [4.69, 9.17) is 4.74 Å². The first-order valence-corrected chi connectivity index (χ1v) is 32.6. The Labute approximate surface area is 450 Å². The second kappa shape index (κ2) is 61.9. The van der Waals surface area contributed by atoms with Crippen LogP contribution in [0.2, 0.25) is 0 Å². The van der Waals surface area contributed by atoms with E-state index in [-0.39, 0.29) is 18.5 Å². The zero-order valence-electron chi connectivity index (χ0n) is 48.7. The van der Waals surface area contributed by atoms with Crippen molar-refractivity contribution in [2.24, 2.45) is 0 Å². The molecule has 0 bridgehead atoms. The molecule has 72 heavy (non-hydrogen) atoms. The van der Waals surface area contributed by atoms with E-state index in [1.165, 1.54) is 289 Å². The van der Waals surface area contributed by atoms with E-state index in [9.17, 15) is 19.8 Å². The molecule has 0 aliphatic carbocycles. The molecule has 1 amide bonds. The van der Waals surface area contributed by atoms with E-state index in [2.05, 4.69) is 31.3 Å². The molecule has 6 heteroatoms. The summed E-state index contributed by atoms with van der Waals surface area (Å²) in [5.41, 5.74) is 0. The van der Waals surface area contributed by atoms with Crippen molar-refractivity contribution in [1.82, 2.24) is 5.32 Å². The average molecular weight is 1010 g/mol. The van der Waals surface area contributed by atoms with Gasteiger partial charge in [0.05, 0.1) is 25.4 Å². The molecule has 0 rings (SSSR count). The van der Waals surface area contributed by atoms with Gasteiger partial charge in [0, 0.05) is 12.8 Å². The monoisotopic (exact) mass is 1010 g/mol. The van der Waals surface area contributed by atoms with Crippen molar-refractivity contribution in [3.8, 4) is 0 Å². The minimum Gasteiger partial charge on any atom is -0.466 e. The Morgan fingerprint density at radius 2 is 0.653 bits per heavy atom. The van der Waals surface area contributed by atoms with E-state index in [0.717, 1.165) is 44.9 Å². The van der Waals surface area contributed by atoms with Crippen LogP contribution in [0.3, 0.4) is 0 Å². The molecule has 0 saturated heterocycles. The molecule has 2 unspecified atom stereocenters. The summed E-state index contributed by atoms with van der Waals surface area (Å²) in [6.45, 7) is 4.91. The fraction of sp³-hybridized carbons (Fsp3) is 0.909. The summed E-state index contributed by atoms with van der Waals surface area (Å²) < 4.78 is 5.48. The molecular formula is C66H127NO5. The first kappa shape index (κ1) is 70.3. The summed E-state index contributed by atoms with van der Waals surface area (Å²) in [6.07, 6.45) is 76.6. The highest BCUT2D eigenvalue weighted by atomic mass is 16.5. The molecule has 0 fully saturated rings. The minimum absolute atomic E-state index is 0.00794. The van der Waals surface area contributed by atoms with Crippen LogP contribution < -0.4 is 5.32 Å². The third-order valence-electron chi connectivity index (χ3n) is 15.2. The number of carbonyl (C=O) groups is 2. The first-order valence-electron chi connectivity index (χ1n) is 32.6. The van der Waals surface area contributed by atoms with Crippen molar-refractivity contribution in [1.29, 1.82) is 0 Å². The Balaban J connectivity index is 3.37. The highest BCUT2D eigenvalue weighted by Crippen LogP contribution is 2.18. The van der Waals surface area contributed by atoms with E-state index in [0.29, 0.717) is 19.4 Å². The number of ether oxygens (including phenoxy) is 1.